The minimum atomic E-state index is -5.17. The summed E-state index contributed by atoms with van der Waals surface area (Å²) in [4.78, 5) is 33.0. The van der Waals surface area contributed by atoms with Gasteiger partial charge in [0.2, 0.25) is 0 Å². The molecular formula is C13H9ClF6N2O4. The summed E-state index contributed by atoms with van der Waals surface area (Å²) in [7, 11) is 0. The lowest BCUT2D eigenvalue weighted by Gasteiger charge is -2.11. The zero-order valence-corrected chi connectivity index (χ0v) is 13.2. The number of nitrogens with one attached hydrogen (secondary N) is 2. The van der Waals surface area contributed by atoms with Crippen molar-refractivity contribution in [3.05, 3.63) is 34.3 Å². The molecule has 26 heavy (non-hydrogen) atoms. The molecule has 0 bridgehead atoms. The van der Waals surface area contributed by atoms with Gasteiger partial charge in [-0.05, 0) is 17.7 Å². The Morgan fingerprint density at radius 3 is 2.04 bits per heavy atom. The van der Waals surface area contributed by atoms with Crippen LogP contribution in [0.2, 0.25) is 5.02 Å². The van der Waals surface area contributed by atoms with Gasteiger partial charge in [0.25, 0.3) is 0 Å². The number of halogens is 7. The lowest BCUT2D eigenvalue weighted by molar-refractivity contribution is -0.174. The second kappa shape index (κ2) is 8.25. The van der Waals surface area contributed by atoms with E-state index in [1.807, 2.05) is 0 Å². The third-order valence-electron chi connectivity index (χ3n) is 2.65. The molecule has 1 rings (SSSR count). The second-order valence-electron chi connectivity index (χ2n) is 4.57. The molecule has 144 valence electrons. The zero-order chi connectivity index (χ0) is 20.1. The van der Waals surface area contributed by atoms with Crippen LogP contribution in [0, 0.1) is 0 Å². The molecule has 2 N–H and O–H groups in total. The Morgan fingerprint density at radius 2 is 1.50 bits per heavy atom. The number of alkyl halides is 6. The molecule has 0 aromatic heterocycles. The van der Waals surface area contributed by atoms with E-state index < -0.39 is 43.4 Å². The first-order chi connectivity index (χ1) is 11.8. The highest BCUT2D eigenvalue weighted by molar-refractivity contribution is 6.33. The predicted octanol–water partition coefficient (Wildman–Crippen LogP) is 2.31. The van der Waals surface area contributed by atoms with Crippen LogP contribution >= 0.6 is 11.6 Å². The smallest absolute Gasteiger partial charge is 0.441 e. The van der Waals surface area contributed by atoms with Crippen LogP contribution in [-0.4, -0.2) is 36.9 Å². The number of ether oxygens (including phenoxy) is 1. The molecule has 0 saturated heterocycles. The lowest BCUT2D eigenvalue weighted by Crippen LogP contribution is -2.38. The molecular weight excluding hydrogens is 398 g/mol. The van der Waals surface area contributed by atoms with E-state index in [0.717, 1.165) is 12.1 Å². The van der Waals surface area contributed by atoms with Crippen molar-refractivity contribution in [1.29, 1.82) is 0 Å². The SMILES string of the molecule is O=C(OCNC(=O)C(F)(F)F)c1cc(CNC(=O)C(F)(F)F)ccc1Cl. The monoisotopic (exact) mass is 406 g/mol. The van der Waals surface area contributed by atoms with E-state index in [2.05, 4.69) is 4.74 Å². The molecule has 0 unspecified atom stereocenters. The van der Waals surface area contributed by atoms with Gasteiger partial charge in [-0.25, -0.2) is 4.79 Å². The van der Waals surface area contributed by atoms with Gasteiger partial charge in [-0.2, -0.15) is 26.3 Å². The van der Waals surface area contributed by atoms with Crippen molar-refractivity contribution in [2.24, 2.45) is 0 Å². The van der Waals surface area contributed by atoms with Gasteiger partial charge in [-0.1, -0.05) is 17.7 Å². The maximum absolute atomic E-state index is 12.1. The summed E-state index contributed by atoms with van der Waals surface area (Å²) < 4.78 is 76.5. The lowest BCUT2D eigenvalue weighted by atomic mass is 10.1. The Kier molecular flexibility index (Phi) is 6.84. The maximum Gasteiger partial charge on any atom is 0.471 e. The Bertz CT molecular complexity index is 705. The highest BCUT2D eigenvalue weighted by atomic mass is 35.5. The number of carbonyl (C=O) groups is 3. The number of hydrogen-bond acceptors (Lipinski definition) is 4. The average molecular weight is 407 g/mol. The van der Waals surface area contributed by atoms with E-state index in [9.17, 15) is 40.7 Å². The fourth-order valence-corrected chi connectivity index (χ4v) is 1.66. The Balaban J connectivity index is 2.70. The molecule has 0 radical (unpaired) electrons. The van der Waals surface area contributed by atoms with Crippen LogP contribution in [0.25, 0.3) is 0 Å². The largest absolute Gasteiger partial charge is 0.471 e. The van der Waals surface area contributed by atoms with Gasteiger partial charge in [0.15, 0.2) is 6.73 Å². The summed E-state index contributed by atoms with van der Waals surface area (Å²) in [5, 5.41) is 2.63. The molecule has 6 nitrogen and oxygen atoms in total. The van der Waals surface area contributed by atoms with Crippen LogP contribution in [-0.2, 0) is 20.9 Å². The van der Waals surface area contributed by atoms with Crippen molar-refractivity contribution in [2.45, 2.75) is 18.9 Å². The first kappa shape index (κ1) is 21.5. The standard InChI is InChI=1S/C13H9ClF6N2O4/c14-8-2-1-6(4-21-10(24)12(15,16)17)3-7(8)9(23)26-5-22-11(25)13(18,19)20/h1-3H,4-5H2,(H,21,24)(H,22,25). The van der Waals surface area contributed by atoms with Gasteiger partial charge in [0.05, 0.1) is 10.6 Å². The molecule has 0 spiro atoms. The number of benzene rings is 1. The number of rotatable bonds is 5. The topological polar surface area (TPSA) is 84.5 Å². The summed E-state index contributed by atoms with van der Waals surface area (Å²) in [6.45, 7) is -1.71. The van der Waals surface area contributed by atoms with E-state index in [-0.39, 0.29) is 16.1 Å². The van der Waals surface area contributed by atoms with Gasteiger partial charge < -0.3 is 15.4 Å². The fraction of sp³-hybridized carbons (Fsp3) is 0.308. The molecule has 0 fully saturated rings. The van der Waals surface area contributed by atoms with Crippen LogP contribution in [0.3, 0.4) is 0 Å². The van der Waals surface area contributed by atoms with Crippen molar-refractivity contribution in [1.82, 2.24) is 10.6 Å². The molecule has 13 heteroatoms. The first-order valence-electron chi connectivity index (χ1n) is 6.48. The summed E-state index contributed by atoms with van der Waals surface area (Å²) in [5.74, 6) is -5.77. The van der Waals surface area contributed by atoms with E-state index >= 15 is 0 Å². The molecule has 0 saturated carbocycles. The van der Waals surface area contributed by atoms with Crippen molar-refractivity contribution < 1.29 is 45.5 Å². The number of amides is 2. The molecule has 0 aliphatic heterocycles. The third kappa shape index (κ3) is 6.43. The third-order valence-corrected chi connectivity index (χ3v) is 2.98. The van der Waals surface area contributed by atoms with Crippen LogP contribution in [0.5, 0.6) is 0 Å². The summed E-state index contributed by atoms with van der Waals surface area (Å²) in [6.07, 6.45) is -10.3. The van der Waals surface area contributed by atoms with Gasteiger partial charge in [0, 0.05) is 6.54 Å². The van der Waals surface area contributed by atoms with Gasteiger partial charge in [0.1, 0.15) is 0 Å². The quantitative estimate of drug-likeness (QED) is 0.446. The van der Waals surface area contributed by atoms with Gasteiger partial charge in [-0.3, -0.25) is 9.59 Å². The minimum Gasteiger partial charge on any atom is -0.441 e. The van der Waals surface area contributed by atoms with Crippen LogP contribution in [0.4, 0.5) is 26.3 Å². The fourth-order valence-electron chi connectivity index (χ4n) is 1.47. The molecule has 1 aromatic carbocycles. The van der Waals surface area contributed by atoms with Crippen molar-refractivity contribution in [3.63, 3.8) is 0 Å². The normalized spacial score (nSPS) is 11.7. The Labute approximate surface area is 146 Å². The van der Waals surface area contributed by atoms with Crippen LogP contribution in [0.1, 0.15) is 15.9 Å². The van der Waals surface area contributed by atoms with Crippen molar-refractivity contribution in [3.8, 4) is 0 Å². The van der Waals surface area contributed by atoms with E-state index in [4.69, 9.17) is 11.6 Å². The summed E-state index contributed by atoms with van der Waals surface area (Å²) in [6, 6.07) is 3.30. The molecule has 1 aromatic rings. The van der Waals surface area contributed by atoms with Crippen molar-refractivity contribution in [2.75, 3.05) is 6.73 Å². The van der Waals surface area contributed by atoms with E-state index in [1.165, 1.54) is 11.4 Å². The van der Waals surface area contributed by atoms with Gasteiger partial charge >= 0.3 is 30.1 Å². The van der Waals surface area contributed by atoms with Gasteiger partial charge in [-0.15, -0.1) is 0 Å². The highest BCUT2D eigenvalue weighted by Gasteiger charge is 2.39. The van der Waals surface area contributed by atoms with E-state index in [1.54, 1.807) is 5.32 Å². The zero-order valence-electron chi connectivity index (χ0n) is 12.4. The summed E-state index contributed by atoms with van der Waals surface area (Å²) >= 11 is 5.70. The highest BCUT2D eigenvalue weighted by Crippen LogP contribution is 2.20. The molecule has 2 amide bonds. The van der Waals surface area contributed by atoms with Crippen molar-refractivity contribution >= 4 is 29.4 Å². The molecule has 0 heterocycles. The maximum atomic E-state index is 12.1. The molecule has 0 atom stereocenters. The first-order valence-corrected chi connectivity index (χ1v) is 6.85. The number of hydrogen-bond donors (Lipinski definition) is 2. The minimum absolute atomic E-state index is 0.0401. The number of carbonyl (C=O) groups excluding carboxylic acids is 3. The van der Waals surface area contributed by atoms with Crippen LogP contribution in [0.15, 0.2) is 18.2 Å². The number of esters is 1. The molecule has 0 aliphatic carbocycles. The average Bonchev–Trinajstić information content (AvgIpc) is 2.51. The predicted molar refractivity (Wildman–Crippen MR) is 73.8 cm³/mol. The second-order valence-corrected chi connectivity index (χ2v) is 4.98. The summed E-state index contributed by atoms with van der Waals surface area (Å²) in [5.41, 5.74) is -0.343. The van der Waals surface area contributed by atoms with E-state index in [0.29, 0.717) is 0 Å². The Morgan fingerprint density at radius 1 is 0.962 bits per heavy atom. The molecule has 0 aliphatic rings. The van der Waals surface area contributed by atoms with Crippen LogP contribution < -0.4 is 10.6 Å². The Hall–Kier alpha value is -2.50.